The molecule has 0 amide bonds. The fourth-order valence-electron chi connectivity index (χ4n) is 3.86. The lowest BCUT2D eigenvalue weighted by Gasteiger charge is -2.18. The van der Waals surface area contributed by atoms with E-state index in [1.165, 1.54) is 30.0 Å². The van der Waals surface area contributed by atoms with Gasteiger partial charge in [0.1, 0.15) is 30.4 Å². The maximum atomic E-state index is 13.8. The molecular formula is C25H33FN4O6. The van der Waals surface area contributed by atoms with Crippen LogP contribution in [0.2, 0.25) is 0 Å². The zero-order valence-electron chi connectivity index (χ0n) is 21.1. The van der Waals surface area contributed by atoms with Crippen LogP contribution in [0.25, 0.3) is 0 Å². The number of hydrogen-bond donors (Lipinski definition) is 1. The molecule has 0 bridgehead atoms. The highest BCUT2D eigenvalue weighted by Crippen LogP contribution is 2.26. The summed E-state index contributed by atoms with van der Waals surface area (Å²) in [6, 6.07) is 3.75. The van der Waals surface area contributed by atoms with Crippen LogP contribution in [0, 0.1) is 5.82 Å². The number of aromatic nitrogens is 2. The van der Waals surface area contributed by atoms with Crippen LogP contribution in [0.5, 0.6) is 5.75 Å². The van der Waals surface area contributed by atoms with Gasteiger partial charge < -0.3 is 19.5 Å². The largest absolute Gasteiger partial charge is 0.496 e. The molecule has 1 fully saturated rings. The van der Waals surface area contributed by atoms with Gasteiger partial charge in [-0.25, -0.2) is 9.18 Å². The van der Waals surface area contributed by atoms with Crippen molar-refractivity contribution in [3.63, 3.8) is 0 Å². The maximum Gasteiger partial charge on any atom is 0.331 e. The molecule has 10 nitrogen and oxygen atoms in total. The number of hydrogen-bond acceptors (Lipinski definition) is 8. The summed E-state index contributed by atoms with van der Waals surface area (Å²) in [4.78, 5) is 37.0. The van der Waals surface area contributed by atoms with Crippen molar-refractivity contribution >= 4 is 11.4 Å². The third kappa shape index (κ3) is 6.81. The standard InChI is InChI=1S/C25H33FN4O6/c1-16(2)36-27-17(3)21-14-29(15-22(31)20-13-18(26)9-10-23(20)34-4)25(33)30(24(21)32)11-12-35-28-19-7-5-6-8-19/h9-10,13-14,16,22,31H,5-8,11-12,15H2,1-4H3/b27-17+. The average Bonchev–Trinajstić information content (AvgIpc) is 3.37. The Bertz CT molecular complexity index is 1230. The second-order valence-electron chi connectivity index (χ2n) is 8.87. The summed E-state index contributed by atoms with van der Waals surface area (Å²) in [6.45, 7) is 4.88. The summed E-state index contributed by atoms with van der Waals surface area (Å²) in [6.07, 6.45) is 3.73. The van der Waals surface area contributed by atoms with Gasteiger partial charge in [-0.3, -0.25) is 13.9 Å². The Kier molecular flexibility index (Phi) is 9.40. The first-order chi connectivity index (χ1) is 17.2. The summed E-state index contributed by atoms with van der Waals surface area (Å²) in [7, 11) is 1.40. The first-order valence-corrected chi connectivity index (χ1v) is 12.0. The summed E-state index contributed by atoms with van der Waals surface area (Å²) in [5, 5.41) is 18.9. The normalized spacial score (nSPS) is 14.8. The average molecular weight is 505 g/mol. The molecule has 36 heavy (non-hydrogen) atoms. The molecule has 0 radical (unpaired) electrons. The molecule has 1 unspecified atom stereocenters. The Morgan fingerprint density at radius 3 is 2.61 bits per heavy atom. The van der Waals surface area contributed by atoms with Crippen molar-refractivity contribution in [2.24, 2.45) is 10.3 Å². The minimum Gasteiger partial charge on any atom is -0.496 e. The SMILES string of the molecule is COc1ccc(F)cc1C(O)Cn1cc(/C(C)=N/OC(C)C)c(=O)n(CCON=C2CCCC2)c1=O. The number of aliphatic hydroxyl groups is 1. The zero-order valence-corrected chi connectivity index (χ0v) is 21.1. The Hall–Kier alpha value is -3.47. The molecule has 1 N–H and O–H groups in total. The molecule has 1 aliphatic carbocycles. The molecule has 11 heteroatoms. The predicted molar refractivity (Wildman–Crippen MR) is 133 cm³/mol. The van der Waals surface area contributed by atoms with E-state index in [0.717, 1.165) is 42.0 Å². The quantitative estimate of drug-likeness (QED) is 0.286. The van der Waals surface area contributed by atoms with Gasteiger partial charge in [0.05, 0.1) is 37.2 Å². The van der Waals surface area contributed by atoms with Crippen LogP contribution < -0.4 is 16.0 Å². The van der Waals surface area contributed by atoms with E-state index in [0.29, 0.717) is 0 Å². The van der Waals surface area contributed by atoms with Crippen LogP contribution in [0.15, 0.2) is 44.3 Å². The van der Waals surface area contributed by atoms with Crippen LogP contribution >= 0.6 is 0 Å². The minimum absolute atomic E-state index is 0.0149. The van der Waals surface area contributed by atoms with Crippen LogP contribution in [-0.4, -0.2) is 45.5 Å². The lowest BCUT2D eigenvalue weighted by Crippen LogP contribution is -2.43. The number of aliphatic hydroxyl groups excluding tert-OH is 1. The van der Waals surface area contributed by atoms with Crippen LogP contribution in [0.3, 0.4) is 0 Å². The van der Waals surface area contributed by atoms with Crippen molar-refractivity contribution in [3.8, 4) is 5.75 Å². The Morgan fingerprint density at radius 2 is 1.94 bits per heavy atom. The second kappa shape index (κ2) is 12.5. The number of halogens is 1. The van der Waals surface area contributed by atoms with E-state index >= 15 is 0 Å². The van der Waals surface area contributed by atoms with Gasteiger partial charge in [0.15, 0.2) is 0 Å². The predicted octanol–water partition coefficient (Wildman–Crippen LogP) is 2.99. The molecule has 1 aliphatic rings. The maximum absolute atomic E-state index is 13.8. The lowest BCUT2D eigenvalue weighted by atomic mass is 10.1. The first kappa shape index (κ1) is 27.1. The number of rotatable bonds is 11. The molecule has 2 aromatic rings. The van der Waals surface area contributed by atoms with Gasteiger partial charge in [0, 0.05) is 11.8 Å². The molecule has 0 aliphatic heterocycles. The van der Waals surface area contributed by atoms with Gasteiger partial charge in [-0.1, -0.05) is 10.3 Å². The highest BCUT2D eigenvalue weighted by molar-refractivity contribution is 5.97. The molecule has 1 aromatic heterocycles. The van der Waals surface area contributed by atoms with E-state index in [4.69, 9.17) is 14.4 Å². The molecule has 0 saturated heterocycles. The van der Waals surface area contributed by atoms with Crippen LogP contribution in [-0.2, 0) is 22.8 Å². The summed E-state index contributed by atoms with van der Waals surface area (Å²) < 4.78 is 21.3. The molecule has 3 rings (SSSR count). The smallest absolute Gasteiger partial charge is 0.331 e. The lowest BCUT2D eigenvalue weighted by molar-refractivity contribution is 0.0859. The number of oxime groups is 2. The van der Waals surface area contributed by atoms with E-state index < -0.39 is 23.2 Å². The third-order valence-corrected chi connectivity index (χ3v) is 5.73. The molecule has 1 atom stereocenters. The van der Waals surface area contributed by atoms with E-state index in [1.807, 2.05) is 0 Å². The second-order valence-corrected chi connectivity index (χ2v) is 8.87. The van der Waals surface area contributed by atoms with Gasteiger partial charge in [-0.05, 0) is 64.7 Å². The Morgan fingerprint density at radius 1 is 1.22 bits per heavy atom. The molecular weight excluding hydrogens is 471 g/mol. The molecule has 196 valence electrons. The van der Waals surface area contributed by atoms with Gasteiger partial charge in [-0.15, -0.1) is 0 Å². The van der Waals surface area contributed by atoms with E-state index in [1.54, 1.807) is 20.8 Å². The monoisotopic (exact) mass is 504 g/mol. The van der Waals surface area contributed by atoms with E-state index in [-0.39, 0.29) is 48.4 Å². The van der Waals surface area contributed by atoms with Crippen molar-refractivity contribution in [1.82, 2.24) is 9.13 Å². The van der Waals surface area contributed by atoms with Gasteiger partial charge in [0.2, 0.25) is 0 Å². The molecule has 1 saturated carbocycles. The number of ether oxygens (including phenoxy) is 1. The fourth-order valence-corrected chi connectivity index (χ4v) is 3.86. The highest BCUT2D eigenvalue weighted by Gasteiger charge is 2.20. The van der Waals surface area contributed by atoms with Gasteiger partial charge in [-0.2, -0.15) is 0 Å². The topological polar surface area (TPSA) is 117 Å². The summed E-state index contributed by atoms with van der Waals surface area (Å²) >= 11 is 0. The van der Waals surface area contributed by atoms with Crippen molar-refractivity contribution in [3.05, 3.63) is 62.2 Å². The van der Waals surface area contributed by atoms with Gasteiger partial charge >= 0.3 is 5.69 Å². The van der Waals surface area contributed by atoms with Gasteiger partial charge in [0.25, 0.3) is 5.56 Å². The molecule has 0 spiro atoms. The number of methoxy groups -OCH3 is 1. The van der Waals surface area contributed by atoms with Crippen molar-refractivity contribution < 1.29 is 23.9 Å². The van der Waals surface area contributed by atoms with Crippen LogP contribution in [0.4, 0.5) is 4.39 Å². The molecule has 1 aromatic carbocycles. The number of benzene rings is 1. The van der Waals surface area contributed by atoms with Crippen LogP contribution in [0.1, 0.15) is 63.7 Å². The zero-order chi connectivity index (χ0) is 26.2. The summed E-state index contributed by atoms with van der Waals surface area (Å²) in [5.41, 5.74) is 0.298. The van der Waals surface area contributed by atoms with Crippen molar-refractivity contribution in [2.45, 2.75) is 71.8 Å². The Labute approximate surface area is 208 Å². The Balaban J connectivity index is 1.95. The van der Waals surface area contributed by atoms with E-state index in [2.05, 4.69) is 10.3 Å². The minimum atomic E-state index is -1.29. The highest BCUT2D eigenvalue weighted by atomic mass is 19.1. The van der Waals surface area contributed by atoms with E-state index in [9.17, 15) is 19.1 Å². The number of nitrogens with zero attached hydrogens (tertiary/aromatic N) is 4. The first-order valence-electron chi connectivity index (χ1n) is 12.0. The summed E-state index contributed by atoms with van der Waals surface area (Å²) in [5.74, 6) is -0.286. The van der Waals surface area contributed by atoms with Crippen molar-refractivity contribution in [2.75, 3.05) is 13.7 Å². The molecule has 1 heterocycles. The van der Waals surface area contributed by atoms with Crippen molar-refractivity contribution in [1.29, 1.82) is 0 Å². The third-order valence-electron chi connectivity index (χ3n) is 5.73. The fraction of sp³-hybridized carbons (Fsp3) is 0.520.